The molecule has 6 heavy (non-hydrogen) atoms. The van der Waals surface area contributed by atoms with Crippen LogP contribution in [0.4, 0.5) is 0 Å². The van der Waals surface area contributed by atoms with Crippen LogP contribution < -0.4 is 0 Å². The summed E-state index contributed by atoms with van der Waals surface area (Å²) >= 11 is 5.41. The third-order valence-corrected chi connectivity index (χ3v) is 1.33. The first-order valence-corrected chi connectivity index (χ1v) is 2.23. The second-order valence-electron chi connectivity index (χ2n) is 1.57. The van der Waals surface area contributed by atoms with Gasteiger partial charge >= 0.3 is 0 Å². The smallest absolute Gasteiger partial charge is 0.221 e. The van der Waals surface area contributed by atoms with Crippen LogP contribution in [-0.4, -0.2) is 11.2 Å². The third kappa shape index (κ3) is 0.548. The van der Waals surface area contributed by atoms with Crippen molar-refractivity contribution < 1.29 is 4.79 Å². The molecule has 0 unspecified atom stereocenters. The molecule has 0 spiro atoms. The molecule has 0 aromatic carbocycles. The highest BCUT2D eigenvalue weighted by Gasteiger charge is 2.41. The summed E-state index contributed by atoms with van der Waals surface area (Å²) in [6.07, 6.45) is 3.37. The van der Waals surface area contributed by atoms with E-state index in [1.54, 1.807) is 6.29 Å². The lowest BCUT2D eigenvalue weighted by atomic mass is 10.5. The monoisotopic (exact) mass is 103 g/mol. The molecule has 33 valence electrons. The Balaban J connectivity index is 2.47. The molecule has 0 aromatic heterocycles. The van der Waals surface area contributed by atoms with Crippen LogP contribution in [-0.2, 0) is 4.79 Å². The van der Waals surface area contributed by atoms with Crippen molar-refractivity contribution in [1.29, 1.82) is 0 Å². The number of hydrogen-bond acceptors (Lipinski definition) is 1. The van der Waals surface area contributed by atoms with Crippen molar-refractivity contribution in [2.75, 3.05) is 0 Å². The Morgan fingerprint density at radius 3 is 2.17 bits per heavy atom. The molecule has 0 amide bonds. The summed E-state index contributed by atoms with van der Waals surface area (Å²) in [6, 6.07) is 0. The highest BCUT2D eigenvalue weighted by molar-refractivity contribution is 6.33. The van der Waals surface area contributed by atoms with Gasteiger partial charge in [0.15, 0.2) is 0 Å². The van der Waals surface area contributed by atoms with E-state index >= 15 is 0 Å². The van der Waals surface area contributed by atoms with Crippen LogP contribution in [0.5, 0.6) is 0 Å². The fraction of sp³-hybridized carbons (Fsp3) is 0.750. The number of alkyl halides is 1. The van der Waals surface area contributed by atoms with Gasteiger partial charge in [0.1, 0.15) is 4.87 Å². The molecule has 0 bridgehead atoms. The zero-order chi connectivity index (χ0) is 4.62. The Kier molecular flexibility index (Phi) is 0.667. The molecule has 2 heteroatoms. The van der Waals surface area contributed by atoms with Gasteiger partial charge in [-0.05, 0) is 12.8 Å². The van der Waals surface area contributed by atoms with Gasteiger partial charge in [-0.2, -0.15) is 0 Å². The van der Waals surface area contributed by atoms with E-state index < -0.39 is 4.87 Å². The fourth-order valence-corrected chi connectivity index (χ4v) is 0.306. The van der Waals surface area contributed by atoms with Crippen LogP contribution in [0.15, 0.2) is 0 Å². The lowest BCUT2D eigenvalue weighted by molar-refractivity contribution is 0.551. The summed E-state index contributed by atoms with van der Waals surface area (Å²) in [7, 11) is 0. The molecule has 1 nitrogen and oxygen atoms in total. The maximum Gasteiger partial charge on any atom is 0.221 e. The lowest BCUT2D eigenvalue weighted by Crippen LogP contribution is -1.95. The van der Waals surface area contributed by atoms with Crippen LogP contribution >= 0.6 is 11.6 Å². The molecule has 0 aromatic rings. The minimum atomic E-state index is -0.542. The maximum absolute atomic E-state index is 9.63. The van der Waals surface area contributed by atoms with Gasteiger partial charge in [-0.3, -0.25) is 4.79 Å². The van der Waals surface area contributed by atoms with Gasteiger partial charge in [0.25, 0.3) is 0 Å². The van der Waals surface area contributed by atoms with Gasteiger partial charge in [0.2, 0.25) is 6.29 Å². The van der Waals surface area contributed by atoms with Crippen molar-refractivity contribution in [3.63, 3.8) is 0 Å². The number of carbonyl (C=O) groups excluding carboxylic acids is 1. The average molecular weight is 104 g/mol. The number of hydrogen-bond donors (Lipinski definition) is 0. The molecule has 0 N–H and O–H groups in total. The van der Waals surface area contributed by atoms with Crippen LogP contribution in [0.1, 0.15) is 12.8 Å². The van der Waals surface area contributed by atoms with E-state index in [0.717, 1.165) is 12.8 Å². The van der Waals surface area contributed by atoms with Crippen molar-refractivity contribution >= 4 is 17.9 Å². The van der Waals surface area contributed by atoms with Gasteiger partial charge < -0.3 is 0 Å². The average Bonchev–Trinajstić information content (AvgIpc) is 2.22. The summed E-state index contributed by atoms with van der Waals surface area (Å²) in [5.74, 6) is 0. The predicted octanol–water partition coefficient (Wildman–Crippen LogP) is 0.867. The maximum atomic E-state index is 9.63. The van der Waals surface area contributed by atoms with Crippen molar-refractivity contribution in [1.82, 2.24) is 0 Å². The SMILES string of the molecule is O=[C]C1(Cl)CC1. The van der Waals surface area contributed by atoms with Crippen LogP contribution in [0.25, 0.3) is 0 Å². The molecular weight excluding hydrogens is 99.5 g/mol. The molecule has 0 saturated heterocycles. The summed E-state index contributed by atoms with van der Waals surface area (Å²) in [5, 5.41) is 0. The van der Waals surface area contributed by atoms with E-state index in [-0.39, 0.29) is 0 Å². The van der Waals surface area contributed by atoms with Crippen molar-refractivity contribution in [2.24, 2.45) is 0 Å². The minimum Gasteiger partial charge on any atom is -0.289 e. The van der Waals surface area contributed by atoms with Gasteiger partial charge in [-0.15, -0.1) is 11.6 Å². The summed E-state index contributed by atoms with van der Waals surface area (Å²) < 4.78 is 0. The van der Waals surface area contributed by atoms with Crippen molar-refractivity contribution in [2.45, 2.75) is 17.7 Å². The van der Waals surface area contributed by atoms with E-state index in [1.807, 2.05) is 0 Å². The highest BCUT2D eigenvalue weighted by atomic mass is 35.5. The van der Waals surface area contributed by atoms with Crippen LogP contribution in [0.3, 0.4) is 0 Å². The number of rotatable bonds is 1. The molecular formula is C4H4ClO. The van der Waals surface area contributed by atoms with Crippen LogP contribution in [0, 0.1) is 0 Å². The van der Waals surface area contributed by atoms with E-state index in [4.69, 9.17) is 11.6 Å². The first kappa shape index (κ1) is 4.13. The van der Waals surface area contributed by atoms with Gasteiger partial charge in [0.05, 0.1) is 0 Å². The highest BCUT2D eigenvalue weighted by Crippen LogP contribution is 2.39. The predicted molar refractivity (Wildman–Crippen MR) is 23.5 cm³/mol. The van der Waals surface area contributed by atoms with Crippen LogP contribution in [0.2, 0.25) is 0 Å². The molecule has 1 fully saturated rings. The van der Waals surface area contributed by atoms with Crippen molar-refractivity contribution in [3.05, 3.63) is 0 Å². The first-order valence-electron chi connectivity index (χ1n) is 1.85. The minimum absolute atomic E-state index is 0.542. The quantitative estimate of drug-likeness (QED) is 0.450. The van der Waals surface area contributed by atoms with Gasteiger partial charge in [0, 0.05) is 0 Å². The Labute approximate surface area is 41.3 Å². The largest absolute Gasteiger partial charge is 0.289 e. The van der Waals surface area contributed by atoms with E-state index in [1.165, 1.54) is 0 Å². The fourth-order valence-electron chi connectivity index (χ4n) is 0.212. The molecule has 1 aliphatic carbocycles. The summed E-state index contributed by atoms with van der Waals surface area (Å²) in [6.45, 7) is 0. The molecule has 1 rings (SSSR count). The van der Waals surface area contributed by atoms with Crippen molar-refractivity contribution in [3.8, 4) is 0 Å². The zero-order valence-electron chi connectivity index (χ0n) is 3.20. The lowest BCUT2D eigenvalue weighted by Gasteiger charge is -1.80. The van der Waals surface area contributed by atoms with Gasteiger partial charge in [-0.25, -0.2) is 0 Å². The second-order valence-corrected chi connectivity index (χ2v) is 2.29. The third-order valence-electron chi connectivity index (χ3n) is 0.872. The Morgan fingerprint density at radius 1 is 1.67 bits per heavy atom. The van der Waals surface area contributed by atoms with Gasteiger partial charge in [-0.1, -0.05) is 0 Å². The van der Waals surface area contributed by atoms with E-state index in [9.17, 15) is 4.79 Å². The molecule has 1 radical (unpaired) electrons. The second kappa shape index (κ2) is 0.969. The standard InChI is InChI=1S/C4H4ClO/c5-4(3-6)1-2-4/h1-2H2. The summed E-state index contributed by atoms with van der Waals surface area (Å²) in [5.41, 5.74) is 0. The molecule has 1 aliphatic rings. The number of halogens is 1. The molecule has 0 atom stereocenters. The molecule has 1 saturated carbocycles. The zero-order valence-corrected chi connectivity index (χ0v) is 3.96. The Bertz CT molecular complexity index is 75.6. The van der Waals surface area contributed by atoms with E-state index in [2.05, 4.69) is 0 Å². The topological polar surface area (TPSA) is 17.1 Å². The van der Waals surface area contributed by atoms with E-state index in [0.29, 0.717) is 0 Å². The Morgan fingerprint density at radius 2 is 2.17 bits per heavy atom. The first-order chi connectivity index (χ1) is 2.77. The normalized spacial score (nSPS) is 26.2. The summed E-state index contributed by atoms with van der Waals surface area (Å²) in [4.78, 5) is 9.09. The molecule has 0 aliphatic heterocycles. The Hall–Kier alpha value is -0.0400. The molecule has 0 heterocycles.